The minimum atomic E-state index is -0.907. The summed E-state index contributed by atoms with van der Waals surface area (Å²) in [6.07, 6.45) is 0.0638. The second kappa shape index (κ2) is 5.70. The van der Waals surface area contributed by atoms with Crippen molar-refractivity contribution in [2.24, 2.45) is 0 Å². The molecular formula is C10H18N2O3. The molecule has 0 bridgehead atoms. The summed E-state index contributed by atoms with van der Waals surface area (Å²) in [5, 5.41) is 8.46. The molecule has 1 amide bonds. The number of piperazine rings is 1. The molecule has 15 heavy (non-hydrogen) atoms. The Morgan fingerprint density at radius 1 is 1.13 bits per heavy atom. The van der Waals surface area contributed by atoms with Crippen molar-refractivity contribution in [1.82, 2.24) is 9.80 Å². The lowest BCUT2D eigenvalue weighted by atomic mass is 10.2. The van der Waals surface area contributed by atoms with Gasteiger partial charge in [-0.25, -0.2) is 0 Å². The highest BCUT2D eigenvalue weighted by atomic mass is 16.4. The fourth-order valence-corrected chi connectivity index (χ4v) is 1.69. The third-order valence-corrected chi connectivity index (χ3v) is 2.72. The Hall–Kier alpha value is -1.10. The first kappa shape index (κ1) is 12.0. The van der Waals surface area contributed by atoms with Gasteiger partial charge < -0.3 is 14.9 Å². The molecule has 0 aromatic rings. The number of likely N-dealkylation sites (N-methyl/N-ethyl adjacent to an activating group) is 1. The van der Waals surface area contributed by atoms with Crippen molar-refractivity contribution in [1.29, 1.82) is 0 Å². The highest BCUT2D eigenvalue weighted by Crippen LogP contribution is 2.04. The second-order valence-electron chi connectivity index (χ2n) is 3.71. The molecule has 1 N–H and O–H groups in total. The molecule has 0 aliphatic carbocycles. The molecule has 0 unspecified atom stereocenters. The van der Waals surface area contributed by atoms with Crippen LogP contribution in [-0.4, -0.2) is 59.5 Å². The van der Waals surface area contributed by atoms with Crippen LogP contribution >= 0.6 is 0 Å². The zero-order valence-electron chi connectivity index (χ0n) is 9.11. The van der Waals surface area contributed by atoms with Gasteiger partial charge in [-0.2, -0.15) is 0 Å². The number of carbonyl (C=O) groups excluding carboxylic acids is 1. The van der Waals surface area contributed by atoms with Gasteiger partial charge in [0.25, 0.3) is 0 Å². The van der Waals surface area contributed by atoms with E-state index in [1.165, 1.54) is 0 Å². The van der Waals surface area contributed by atoms with Crippen LogP contribution in [0, 0.1) is 0 Å². The fourth-order valence-electron chi connectivity index (χ4n) is 1.69. The molecular weight excluding hydrogens is 196 g/mol. The van der Waals surface area contributed by atoms with E-state index in [2.05, 4.69) is 11.8 Å². The van der Waals surface area contributed by atoms with E-state index in [1.807, 2.05) is 0 Å². The van der Waals surface area contributed by atoms with Gasteiger partial charge in [0.05, 0.1) is 6.42 Å². The van der Waals surface area contributed by atoms with Crippen molar-refractivity contribution in [3.63, 3.8) is 0 Å². The summed E-state index contributed by atoms with van der Waals surface area (Å²) in [6.45, 7) is 6.36. The van der Waals surface area contributed by atoms with Gasteiger partial charge in [-0.05, 0) is 6.54 Å². The number of rotatable bonds is 4. The molecule has 1 heterocycles. The Kier molecular flexibility index (Phi) is 4.55. The topological polar surface area (TPSA) is 60.9 Å². The van der Waals surface area contributed by atoms with Crippen LogP contribution in [0.5, 0.6) is 0 Å². The number of carboxylic acid groups (broad SMARTS) is 1. The molecule has 0 radical (unpaired) electrons. The fraction of sp³-hybridized carbons (Fsp3) is 0.800. The number of aliphatic carboxylic acids is 1. The van der Waals surface area contributed by atoms with Gasteiger partial charge in [0.2, 0.25) is 5.91 Å². The van der Waals surface area contributed by atoms with E-state index in [0.717, 1.165) is 32.7 Å². The number of hydrogen-bond donors (Lipinski definition) is 1. The van der Waals surface area contributed by atoms with Gasteiger partial charge in [-0.3, -0.25) is 9.59 Å². The molecule has 1 aliphatic rings. The SMILES string of the molecule is CCN1CCN(C(=O)CCC(=O)O)CC1. The number of nitrogens with zero attached hydrogens (tertiary/aromatic N) is 2. The van der Waals surface area contributed by atoms with E-state index in [9.17, 15) is 9.59 Å². The maximum Gasteiger partial charge on any atom is 0.303 e. The van der Waals surface area contributed by atoms with Crippen LogP contribution in [0.4, 0.5) is 0 Å². The van der Waals surface area contributed by atoms with Crippen LogP contribution < -0.4 is 0 Å². The van der Waals surface area contributed by atoms with E-state index in [1.54, 1.807) is 4.90 Å². The highest BCUT2D eigenvalue weighted by molar-refractivity contribution is 5.80. The van der Waals surface area contributed by atoms with Crippen LogP contribution in [-0.2, 0) is 9.59 Å². The molecule has 1 saturated heterocycles. The van der Waals surface area contributed by atoms with Gasteiger partial charge in [0.1, 0.15) is 0 Å². The van der Waals surface area contributed by atoms with Crippen molar-refractivity contribution in [3.05, 3.63) is 0 Å². The first-order valence-electron chi connectivity index (χ1n) is 5.35. The zero-order chi connectivity index (χ0) is 11.3. The minimum absolute atomic E-state index is 0.0341. The van der Waals surface area contributed by atoms with E-state index in [0.29, 0.717) is 0 Å². The minimum Gasteiger partial charge on any atom is -0.481 e. The van der Waals surface area contributed by atoms with Crippen molar-refractivity contribution in [3.8, 4) is 0 Å². The quantitative estimate of drug-likeness (QED) is 0.716. The number of carboxylic acids is 1. The maximum atomic E-state index is 11.5. The number of hydrogen-bond acceptors (Lipinski definition) is 3. The van der Waals surface area contributed by atoms with Crippen molar-refractivity contribution < 1.29 is 14.7 Å². The van der Waals surface area contributed by atoms with Crippen molar-refractivity contribution >= 4 is 11.9 Å². The third kappa shape index (κ3) is 3.87. The maximum absolute atomic E-state index is 11.5. The normalized spacial score (nSPS) is 17.8. The highest BCUT2D eigenvalue weighted by Gasteiger charge is 2.20. The molecule has 86 valence electrons. The number of carbonyl (C=O) groups is 2. The van der Waals surface area contributed by atoms with E-state index in [4.69, 9.17) is 5.11 Å². The van der Waals surface area contributed by atoms with E-state index < -0.39 is 5.97 Å². The number of amides is 1. The summed E-state index contributed by atoms with van der Waals surface area (Å²) < 4.78 is 0. The summed E-state index contributed by atoms with van der Waals surface area (Å²) in [5.74, 6) is -0.941. The van der Waals surface area contributed by atoms with Crippen molar-refractivity contribution in [2.75, 3.05) is 32.7 Å². The predicted molar refractivity (Wildman–Crippen MR) is 55.6 cm³/mol. The summed E-state index contributed by atoms with van der Waals surface area (Å²) in [7, 11) is 0. The molecule has 0 aromatic heterocycles. The largest absolute Gasteiger partial charge is 0.481 e. The average Bonchev–Trinajstić information content (AvgIpc) is 2.26. The smallest absolute Gasteiger partial charge is 0.303 e. The lowest BCUT2D eigenvalue weighted by Crippen LogP contribution is -2.48. The zero-order valence-corrected chi connectivity index (χ0v) is 9.11. The van der Waals surface area contributed by atoms with E-state index in [-0.39, 0.29) is 18.7 Å². The van der Waals surface area contributed by atoms with Crippen LogP contribution in [0.1, 0.15) is 19.8 Å². The van der Waals surface area contributed by atoms with Crippen LogP contribution in [0.3, 0.4) is 0 Å². The molecule has 5 heteroatoms. The third-order valence-electron chi connectivity index (χ3n) is 2.72. The van der Waals surface area contributed by atoms with Gasteiger partial charge >= 0.3 is 5.97 Å². The van der Waals surface area contributed by atoms with E-state index >= 15 is 0 Å². The van der Waals surface area contributed by atoms with Crippen LogP contribution in [0.25, 0.3) is 0 Å². The van der Waals surface area contributed by atoms with Crippen LogP contribution in [0.2, 0.25) is 0 Å². The Balaban J connectivity index is 2.27. The van der Waals surface area contributed by atoms with Gasteiger partial charge in [-0.1, -0.05) is 6.92 Å². The second-order valence-corrected chi connectivity index (χ2v) is 3.71. The molecule has 0 aromatic carbocycles. The van der Waals surface area contributed by atoms with Gasteiger partial charge in [-0.15, -0.1) is 0 Å². The summed E-state index contributed by atoms with van der Waals surface area (Å²) >= 11 is 0. The monoisotopic (exact) mass is 214 g/mol. The standard InChI is InChI=1S/C10H18N2O3/c1-2-11-5-7-12(8-6-11)9(13)3-4-10(14)15/h2-8H2,1H3,(H,14,15). The molecule has 5 nitrogen and oxygen atoms in total. The Labute approximate surface area is 89.7 Å². The average molecular weight is 214 g/mol. The first-order valence-corrected chi connectivity index (χ1v) is 5.35. The summed E-state index contributed by atoms with van der Waals surface area (Å²) in [6, 6.07) is 0. The molecule has 0 atom stereocenters. The Morgan fingerprint density at radius 2 is 1.73 bits per heavy atom. The summed E-state index contributed by atoms with van der Waals surface area (Å²) in [4.78, 5) is 25.9. The molecule has 1 rings (SSSR count). The van der Waals surface area contributed by atoms with Crippen LogP contribution in [0.15, 0.2) is 0 Å². The lowest BCUT2D eigenvalue weighted by molar-refractivity contribution is -0.141. The van der Waals surface area contributed by atoms with Crippen molar-refractivity contribution in [2.45, 2.75) is 19.8 Å². The molecule has 1 aliphatic heterocycles. The predicted octanol–water partition coefficient (Wildman–Crippen LogP) is 0.0153. The molecule has 1 fully saturated rings. The van der Waals surface area contributed by atoms with Gasteiger partial charge in [0, 0.05) is 32.6 Å². The molecule has 0 spiro atoms. The lowest BCUT2D eigenvalue weighted by Gasteiger charge is -2.34. The Bertz CT molecular complexity index is 235. The van der Waals surface area contributed by atoms with Gasteiger partial charge in [0.15, 0.2) is 0 Å². The summed E-state index contributed by atoms with van der Waals surface area (Å²) in [5.41, 5.74) is 0. The molecule has 0 saturated carbocycles. The Morgan fingerprint density at radius 3 is 2.20 bits per heavy atom. The first-order chi connectivity index (χ1) is 7.13.